The van der Waals surface area contributed by atoms with Crippen LogP contribution in [-0.4, -0.2) is 25.7 Å². The van der Waals surface area contributed by atoms with Gasteiger partial charge in [-0.25, -0.2) is 9.97 Å². The average molecular weight is 382 g/mol. The fraction of sp³-hybridized carbons (Fsp3) is 0.300. The van der Waals surface area contributed by atoms with E-state index >= 15 is 0 Å². The first-order valence-electron chi connectivity index (χ1n) is 8.93. The zero-order valence-corrected chi connectivity index (χ0v) is 16.4. The maximum absolute atomic E-state index is 12.7. The molecule has 140 valence electrons. The summed E-state index contributed by atoms with van der Waals surface area (Å²) in [5, 5.41) is 3.61. The molecule has 0 saturated heterocycles. The number of anilines is 1. The molecule has 3 rings (SSSR count). The zero-order valence-electron chi connectivity index (χ0n) is 15.6. The maximum atomic E-state index is 12.7. The van der Waals surface area contributed by atoms with Crippen LogP contribution >= 0.6 is 11.8 Å². The van der Waals surface area contributed by atoms with Gasteiger partial charge in [-0.1, -0.05) is 36.9 Å². The zero-order chi connectivity index (χ0) is 19.4. The Kier molecular flexibility index (Phi) is 5.91. The smallest absolute Gasteiger partial charge is 0.262 e. The molecule has 1 unspecified atom stereocenters. The molecule has 0 spiro atoms. The van der Waals surface area contributed by atoms with Crippen LogP contribution in [0.1, 0.15) is 25.8 Å². The van der Waals surface area contributed by atoms with Gasteiger partial charge in [0.25, 0.3) is 5.56 Å². The Morgan fingerprint density at radius 3 is 2.67 bits per heavy atom. The van der Waals surface area contributed by atoms with Gasteiger partial charge in [0.1, 0.15) is 5.82 Å². The van der Waals surface area contributed by atoms with Gasteiger partial charge in [-0.05, 0) is 44.0 Å². The SMILES string of the molecule is CCC(Sc1nc2ccccc2c(=O)n1CC)C(=O)Nc1ccc(C)cn1. The van der Waals surface area contributed by atoms with E-state index in [2.05, 4.69) is 15.3 Å². The van der Waals surface area contributed by atoms with Gasteiger partial charge >= 0.3 is 0 Å². The van der Waals surface area contributed by atoms with Gasteiger partial charge in [-0.15, -0.1) is 0 Å². The minimum absolute atomic E-state index is 0.0823. The summed E-state index contributed by atoms with van der Waals surface area (Å²) < 4.78 is 1.62. The highest BCUT2D eigenvalue weighted by molar-refractivity contribution is 8.00. The molecular weight excluding hydrogens is 360 g/mol. The van der Waals surface area contributed by atoms with Crippen LogP contribution in [0.5, 0.6) is 0 Å². The molecule has 7 heteroatoms. The fourth-order valence-electron chi connectivity index (χ4n) is 2.71. The average Bonchev–Trinajstić information content (AvgIpc) is 2.68. The highest BCUT2D eigenvalue weighted by atomic mass is 32.2. The highest BCUT2D eigenvalue weighted by Gasteiger charge is 2.22. The van der Waals surface area contributed by atoms with Crippen LogP contribution in [0.3, 0.4) is 0 Å². The topological polar surface area (TPSA) is 76.9 Å². The van der Waals surface area contributed by atoms with E-state index < -0.39 is 0 Å². The number of pyridine rings is 1. The van der Waals surface area contributed by atoms with E-state index in [9.17, 15) is 9.59 Å². The van der Waals surface area contributed by atoms with Crippen LogP contribution in [-0.2, 0) is 11.3 Å². The molecule has 0 saturated carbocycles. The maximum Gasteiger partial charge on any atom is 0.262 e. The number of rotatable bonds is 6. The van der Waals surface area contributed by atoms with Gasteiger partial charge in [-0.3, -0.25) is 14.2 Å². The Labute approximate surface area is 162 Å². The van der Waals surface area contributed by atoms with Crippen LogP contribution in [0.25, 0.3) is 10.9 Å². The summed E-state index contributed by atoms with van der Waals surface area (Å²) in [6, 6.07) is 11.0. The molecular formula is C20H22N4O2S. The summed E-state index contributed by atoms with van der Waals surface area (Å²) in [6.07, 6.45) is 2.32. The van der Waals surface area contributed by atoms with Crippen LogP contribution in [0.2, 0.25) is 0 Å². The number of fused-ring (bicyclic) bond motifs is 1. The molecule has 0 radical (unpaired) electrons. The minimum atomic E-state index is -0.376. The number of aromatic nitrogens is 3. The normalized spacial score (nSPS) is 12.1. The molecule has 1 amide bonds. The Morgan fingerprint density at radius 2 is 2.00 bits per heavy atom. The molecule has 0 bridgehead atoms. The molecule has 2 aromatic heterocycles. The van der Waals surface area contributed by atoms with Crippen molar-refractivity contribution in [2.75, 3.05) is 5.32 Å². The summed E-state index contributed by atoms with van der Waals surface area (Å²) in [5.41, 5.74) is 1.59. The van der Waals surface area contributed by atoms with Crippen molar-refractivity contribution >= 4 is 34.4 Å². The molecule has 6 nitrogen and oxygen atoms in total. The summed E-state index contributed by atoms with van der Waals surface area (Å²) >= 11 is 1.31. The Hall–Kier alpha value is -2.67. The molecule has 1 N–H and O–H groups in total. The number of nitrogens with one attached hydrogen (secondary N) is 1. The van der Waals surface area contributed by atoms with Crippen molar-refractivity contribution in [3.63, 3.8) is 0 Å². The van der Waals surface area contributed by atoms with Crippen molar-refractivity contribution < 1.29 is 4.79 Å². The highest BCUT2D eigenvalue weighted by Crippen LogP contribution is 2.25. The molecule has 1 aromatic carbocycles. The lowest BCUT2D eigenvalue weighted by molar-refractivity contribution is -0.115. The summed E-state index contributed by atoms with van der Waals surface area (Å²) in [7, 11) is 0. The number of carbonyl (C=O) groups is 1. The van der Waals surface area contributed by atoms with Gasteiger partial charge < -0.3 is 5.32 Å². The van der Waals surface area contributed by atoms with Gasteiger partial charge in [0, 0.05) is 12.7 Å². The van der Waals surface area contributed by atoms with E-state index in [1.165, 1.54) is 11.8 Å². The van der Waals surface area contributed by atoms with Crippen molar-refractivity contribution in [2.24, 2.45) is 0 Å². The summed E-state index contributed by atoms with van der Waals surface area (Å²) in [4.78, 5) is 34.3. The third kappa shape index (κ3) is 4.19. The first-order chi connectivity index (χ1) is 13.0. The lowest BCUT2D eigenvalue weighted by Gasteiger charge is -2.17. The molecule has 0 aliphatic carbocycles. The van der Waals surface area contributed by atoms with Crippen molar-refractivity contribution in [2.45, 2.75) is 44.1 Å². The third-order valence-electron chi connectivity index (χ3n) is 4.22. The number of hydrogen-bond donors (Lipinski definition) is 1. The van der Waals surface area contributed by atoms with E-state index in [-0.39, 0.29) is 16.7 Å². The second kappa shape index (κ2) is 8.35. The van der Waals surface area contributed by atoms with Crippen molar-refractivity contribution in [3.05, 3.63) is 58.5 Å². The number of para-hydroxylation sites is 1. The van der Waals surface area contributed by atoms with E-state index in [1.54, 1.807) is 22.9 Å². The number of benzene rings is 1. The van der Waals surface area contributed by atoms with Gasteiger partial charge in [-0.2, -0.15) is 0 Å². The minimum Gasteiger partial charge on any atom is -0.310 e. The molecule has 0 aliphatic heterocycles. The van der Waals surface area contributed by atoms with Crippen molar-refractivity contribution in [1.82, 2.24) is 14.5 Å². The summed E-state index contributed by atoms with van der Waals surface area (Å²) in [6.45, 7) is 6.28. The number of thioether (sulfide) groups is 1. The van der Waals surface area contributed by atoms with E-state index in [1.807, 2.05) is 45.0 Å². The van der Waals surface area contributed by atoms with Gasteiger partial charge in [0.15, 0.2) is 5.16 Å². The Morgan fingerprint density at radius 1 is 1.22 bits per heavy atom. The monoisotopic (exact) mass is 382 g/mol. The number of nitrogens with zero attached hydrogens (tertiary/aromatic N) is 3. The van der Waals surface area contributed by atoms with E-state index in [0.29, 0.717) is 34.8 Å². The fourth-order valence-corrected chi connectivity index (χ4v) is 3.79. The van der Waals surface area contributed by atoms with Gasteiger partial charge in [0.2, 0.25) is 5.91 Å². The lowest BCUT2D eigenvalue weighted by atomic mass is 10.2. The third-order valence-corrected chi connectivity index (χ3v) is 5.57. The molecule has 27 heavy (non-hydrogen) atoms. The molecule has 2 heterocycles. The predicted octanol–water partition coefficient (Wildman–Crippen LogP) is 3.63. The lowest BCUT2D eigenvalue weighted by Crippen LogP contribution is -2.28. The largest absolute Gasteiger partial charge is 0.310 e. The molecule has 1 atom stereocenters. The number of aryl methyl sites for hydroxylation is 1. The first kappa shape index (κ1) is 19.1. The predicted molar refractivity (Wildman–Crippen MR) is 109 cm³/mol. The molecule has 3 aromatic rings. The quantitative estimate of drug-likeness (QED) is 0.520. The van der Waals surface area contributed by atoms with Crippen LogP contribution in [0.15, 0.2) is 52.5 Å². The van der Waals surface area contributed by atoms with Crippen LogP contribution in [0.4, 0.5) is 5.82 Å². The van der Waals surface area contributed by atoms with E-state index in [4.69, 9.17) is 0 Å². The Bertz CT molecular complexity index is 1010. The van der Waals surface area contributed by atoms with Gasteiger partial charge in [0.05, 0.1) is 16.2 Å². The number of amides is 1. The number of carbonyl (C=O) groups excluding carboxylic acids is 1. The number of hydrogen-bond acceptors (Lipinski definition) is 5. The molecule has 0 fully saturated rings. The first-order valence-corrected chi connectivity index (χ1v) is 9.81. The summed E-state index contributed by atoms with van der Waals surface area (Å²) in [5.74, 6) is 0.368. The standard InChI is InChI=1S/C20H22N4O2S/c1-4-16(18(25)23-17-11-10-13(3)12-21-17)27-20-22-15-9-7-6-8-14(15)19(26)24(20)5-2/h6-12,16H,4-5H2,1-3H3,(H,21,23,25). The Balaban J connectivity index is 1.88. The second-order valence-electron chi connectivity index (χ2n) is 6.19. The van der Waals surface area contributed by atoms with E-state index in [0.717, 1.165) is 5.56 Å². The molecule has 0 aliphatic rings. The van der Waals surface area contributed by atoms with Crippen molar-refractivity contribution in [1.29, 1.82) is 0 Å². The van der Waals surface area contributed by atoms with Crippen LogP contribution < -0.4 is 10.9 Å². The van der Waals surface area contributed by atoms with Crippen molar-refractivity contribution in [3.8, 4) is 0 Å². The second-order valence-corrected chi connectivity index (χ2v) is 7.36. The van der Waals surface area contributed by atoms with Crippen LogP contribution in [0, 0.1) is 6.92 Å².